The first-order valence-corrected chi connectivity index (χ1v) is 7.34. The third kappa shape index (κ3) is 3.56. The molecule has 2 atom stereocenters. The van der Waals surface area contributed by atoms with Gasteiger partial charge in [-0.05, 0) is 23.3 Å². The lowest BCUT2D eigenvalue weighted by molar-refractivity contribution is -0.136. The number of halogens is 1. The van der Waals surface area contributed by atoms with Crippen molar-refractivity contribution >= 4 is 11.8 Å². The largest absolute Gasteiger partial charge is 0.342 e. The molecule has 1 aliphatic rings. The number of carbonyl (C=O) groups excluding carboxylic acids is 2. The van der Waals surface area contributed by atoms with Gasteiger partial charge in [-0.1, -0.05) is 12.1 Å². The number of nitrogens with one attached hydrogen (secondary N) is 2. The summed E-state index contributed by atoms with van der Waals surface area (Å²) in [5.41, 5.74) is 1.67. The van der Waals surface area contributed by atoms with Crippen molar-refractivity contribution in [3.63, 3.8) is 0 Å². The van der Waals surface area contributed by atoms with Crippen molar-refractivity contribution in [2.45, 2.75) is 24.9 Å². The number of rotatable bonds is 4. The average molecular weight is 316 g/mol. The van der Waals surface area contributed by atoms with E-state index in [1.54, 1.807) is 30.1 Å². The molecule has 0 saturated carbocycles. The SMILES string of the molecule is Cn1cc(CC2NC(=O)[C@@H](Cc3ccc(F)cc3)NC2=O)cn1. The van der Waals surface area contributed by atoms with Crippen LogP contribution in [0.4, 0.5) is 4.39 Å². The van der Waals surface area contributed by atoms with Gasteiger partial charge in [0.2, 0.25) is 11.8 Å². The molecule has 23 heavy (non-hydrogen) atoms. The molecule has 120 valence electrons. The zero-order valence-corrected chi connectivity index (χ0v) is 12.6. The van der Waals surface area contributed by atoms with Crippen LogP contribution in [0.5, 0.6) is 0 Å². The highest BCUT2D eigenvalue weighted by Gasteiger charge is 2.33. The zero-order chi connectivity index (χ0) is 16.4. The van der Waals surface area contributed by atoms with Gasteiger partial charge in [0.25, 0.3) is 0 Å². The van der Waals surface area contributed by atoms with E-state index >= 15 is 0 Å². The normalized spacial score (nSPS) is 21.0. The Balaban J connectivity index is 1.63. The van der Waals surface area contributed by atoms with E-state index in [9.17, 15) is 14.0 Å². The summed E-state index contributed by atoms with van der Waals surface area (Å²) in [5, 5.41) is 9.52. The molecule has 0 radical (unpaired) electrons. The van der Waals surface area contributed by atoms with Crippen molar-refractivity contribution < 1.29 is 14.0 Å². The van der Waals surface area contributed by atoms with Crippen LogP contribution in [0.25, 0.3) is 0 Å². The maximum absolute atomic E-state index is 12.9. The quantitative estimate of drug-likeness (QED) is 0.853. The van der Waals surface area contributed by atoms with Crippen LogP contribution < -0.4 is 10.6 Å². The van der Waals surface area contributed by atoms with E-state index < -0.39 is 12.1 Å². The molecule has 7 heteroatoms. The number of nitrogens with zero attached hydrogens (tertiary/aromatic N) is 2. The molecule has 2 amide bonds. The Bertz CT molecular complexity index is 726. The second kappa shape index (κ2) is 6.20. The molecule has 3 rings (SSSR count). The molecular formula is C16H17FN4O2. The predicted molar refractivity (Wildman–Crippen MR) is 80.9 cm³/mol. The maximum Gasteiger partial charge on any atom is 0.243 e. The topological polar surface area (TPSA) is 76.0 Å². The minimum Gasteiger partial charge on any atom is -0.342 e. The minimum absolute atomic E-state index is 0.222. The van der Waals surface area contributed by atoms with Gasteiger partial charge in [0.05, 0.1) is 6.20 Å². The summed E-state index contributed by atoms with van der Waals surface area (Å²) in [6, 6.07) is 4.65. The number of aryl methyl sites for hydroxylation is 1. The lowest BCUT2D eigenvalue weighted by Crippen LogP contribution is -2.62. The van der Waals surface area contributed by atoms with Gasteiger partial charge in [0, 0.05) is 26.1 Å². The molecule has 1 aromatic heterocycles. The Morgan fingerprint density at radius 3 is 2.13 bits per heavy atom. The summed E-state index contributed by atoms with van der Waals surface area (Å²) in [5.74, 6) is -0.786. The lowest BCUT2D eigenvalue weighted by atomic mass is 9.99. The summed E-state index contributed by atoms with van der Waals surface area (Å²) >= 11 is 0. The third-order valence-electron chi connectivity index (χ3n) is 3.82. The van der Waals surface area contributed by atoms with Crippen molar-refractivity contribution in [3.8, 4) is 0 Å². The van der Waals surface area contributed by atoms with Gasteiger partial charge >= 0.3 is 0 Å². The highest BCUT2D eigenvalue weighted by Crippen LogP contribution is 2.11. The number of hydrogen-bond donors (Lipinski definition) is 2. The Morgan fingerprint density at radius 1 is 1.04 bits per heavy atom. The third-order valence-corrected chi connectivity index (χ3v) is 3.82. The fourth-order valence-corrected chi connectivity index (χ4v) is 2.63. The molecule has 0 spiro atoms. The van der Waals surface area contributed by atoms with E-state index in [-0.39, 0.29) is 17.6 Å². The Morgan fingerprint density at radius 2 is 1.61 bits per heavy atom. The summed E-state index contributed by atoms with van der Waals surface area (Å²) in [6.07, 6.45) is 4.21. The highest BCUT2D eigenvalue weighted by molar-refractivity contribution is 5.97. The van der Waals surface area contributed by atoms with Gasteiger partial charge in [-0.15, -0.1) is 0 Å². The van der Waals surface area contributed by atoms with Crippen LogP contribution in [0.2, 0.25) is 0 Å². The van der Waals surface area contributed by atoms with E-state index in [0.717, 1.165) is 11.1 Å². The summed E-state index contributed by atoms with van der Waals surface area (Å²) < 4.78 is 14.6. The van der Waals surface area contributed by atoms with Gasteiger partial charge < -0.3 is 10.6 Å². The summed E-state index contributed by atoms with van der Waals surface area (Å²) in [6.45, 7) is 0. The zero-order valence-electron chi connectivity index (χ0n) is 12.6. The predicted octanol–water partition coefficient (Wildman–Crippen LogP) is 0.328. The monoisotopic (exact) mass is 316 g/mol. The van der Waals surface area contributed by atoms with E-state index in [4.69, 9.17) is 0 Å². The highest BCUT2D eigenvalue weighted by atomic mass is 19.1. The van der Waals surface area contributed by atoms with Gasteiger partial charge in [-0.2, -0.15) is 5.10 Å². The minimum atomic E-state index is -0.641. The number of hydrogen-bond acceptors (Lipinski definition) is 3. The lowest BCUT2D eigenvalue weighted by Gasteiger charge is -2.29. The van der Waals surface area contributed by atoms with Crippen LogP contribution in [-0.2, 0) is 29.5 Å². The van der Waals surface area contributed by atoms with Crippen LogP contribution in [0.1, 0.15) is 11.1 Å². The number of amides is 2. The number of benzene rings is 1. The van der Waals surface area contributed by atoms with Crippen molar-refractivity contribution in [2.24, 2.45) is 7.05 Å². The molecule has 0 aliphatic carbocycles. The first-order valence-electron chi connectivity index (χ1n) is 7.34. The molecule has 1 fully saturated rings. The maximum atomic E-state index is 12.9. The molecule has 1 aromatic carbocycles. The van der Waals surface area contributed by atoms with E-state index in [1.165, 1.54) is 12.1 Å². The van der Waals surface area contributed by atoms with Crippen molar-refractivity contribution in [2.75, 3.05) is 0 Å². The van der Waals surface area contributed by atoms with Crippen molar-refractivity contribution in [3.05, 3.63) is 53.6 Å². The van der Waals surface area contributed by atoms with Crippen LogP contribution in [0, 0.1) is 5.82 Å². The summed E-state index contributed by atoms with van der Waals surface area (Å²) in [4.78, 5) is 24.4. The molecule has 2 N–H and O–H groups in total. The summed E-state index contributed by atoms with van der Waals surface area (Å²) in [7, 11) is 1.79. The van der Waals surface area contributed by atoms with Crippen LogP contribution >= 0.6 is 0 Å². The van der Waals surface area contributed by atoms with Crippen LogP contribution in [0.3, 0.4) is 0 Å². The number of carbonyl (C=O) groups is 2. The molecule has 1 saturated heterocycles. The van der Waals surface area contributed by atoms with Crippen LogP contribution in [0.15, 0.2) is 36.7 Å². The van der Waals surface area contributed by atoms with Gasteiger partial charge in [-0.25, -0.2) is 4.39 Å². The molecular weight excluding hydrogens is 299 g/mol. The fourth-order valence-electron chi connectivity index (χ4n) is 2.63. The second-order valence-corrected chi connectivity index (χ2v) is 5.68. The van der Waals surface area contributed by atoms with Crippen LogP contribution in [-0.4, -0.2) is 33.7 Å². The van der Waals surface area contributed by atoms with Gasteiger partial charge in [-0.3, -0.25) is 14.3 Å². The van der Waals surface area contributed by atoms with Crippen molar-refractivity contribution in [1.82, 2.24) is 20.4 Å². The molecule has 6 nitrogen and oxygen atoms in total. The van der Waals surface area contributed by atoms with E-state index in [0.29, 0.717) is 12.8 Å². The second-order valence-electron chi connectivity index (χ2n) is 5.68. The molecule has 1 aliphatic heterocycles. The number of piperazine rings is 1. The fraction of sp³-hybridized carbons (Fsp3) is 0.312. The van der Waals surface area contributed by atoms with Gasteiger partial charge in [0.15, 0.2) is 0 Å². The number of aromatic nitrogens is 2. The smallest absolute Gasteiger partial charge is 0.243 e. The molecule has 0 bridgehead atoms. The van der Waals surface area contributed by atoms with E-state index in [2.05, 4.69) is 15.7 Å². The molecule has 2 heterocycles. The Labute approximate surface area is 132 Å². The standard InChI is InChI=1S/C16H17FN4O2/c1-21-9-11(8-18-21)7-14-16(23)19-13(15(22)20-14)6-10-2-4-12(17)5-3-10/h2-5,8-9,13-14H,6-7H2,1H3,(H,19,23)(H,20,22)/t13-,14?/m1/s1. The first-order chi connectivity index (χ1) is 11.0. The Kier molecular flexibility index (Phi) is 4.10. The molecule has 2 aromatic rings. The Hall–Kier alpha value is -2.70. The van der Waals surface area contributed by atoms with Gasteiger partial charge in [0.1, 0.15) is 17.9 Å². The first kappa shape index (κ1) is 15.2. The van der Waals surface area contributed by atoms with E-state index in [1.807, 2.05) is 6.20 Å². The van der Waals surface area contributed by atoms with Crippen molar-refractivity contribution in [1.29, 1.82) is 0 Å². The average Bonchev–Trinajstić information content (AvgIpc) is 2.92. The molecule has 1 unspecified atom stereocenters.